The van der Waals surface area contributed by atoms with E-state index in [0.717, 1.165) is 17.2 Å². The van der Waals surface area contributed by atoms with Gasteiger partial charge in [0.1, 0.15) is 10.8 Å². The summed E-state index contributed by atoms with van der Waals surface area (Å²) in [6.07, 6.45) is 1.71. The fraction of sp³-hybridized carbons (Fsp3) is 0.346. The Kier molecular flexibility index (Phi) is 8.27. The molecule has 36 heavy (non-hydrogen) atoms. The standard InChI is InChI=1S/C26H29N5O4S/c1-17(2)31-16-19(15-23(31)32)25(34)27-20-12-10-18(11-13-20)24(33)28-26-30-29-22(36-26)9-6-14-35-21-7-4-3-5-8-21/h3-5,7-8,10-13,17,19H,6,9,14-16H2,1-2H3,(H,27,34)(H,28,30,33). The Morgan fingerprint density at radius 3 is 2.53 bits per heavy atom. The van der Waals surface area contributed by atoms with Crippen LogP contribution in [-0.4, -0.2) is 52.0 Å². The molecule has 0 radical (unpaired) electrons. The number of benzene rings is 2. The number of nitrogens with zero attached hydrogens (tertiary/aromatic N) is 3. The number of aromatic nitrogens is 2. The number of rotatable bonds is 10. The minimum atomic E-state index is -0.376. The molecule has 2 aromatic carbocycles. The van der Waals surface area contributed by atoms with E-state index in [1.54, 1.807) is 29.2 Å². The van der Waals surface area contributed by atoms with Gasteiger partial charge >= 0.3 is 0 Å². The van der Waals surface area contributed by atoms with Crippen LogP contribution >= 0.6 is 11.3 Å². The van der Waals surface area contributed by atoms with Crippen molar-refractivity contribution in [1.29, 1.82) is 0 Å². The van der Waals surface area contributed by atoms with Gasteiger partial charge in [-0.1, -0.05) is 29.5 Å². The van der Waals surface area contributed by atoms with Gasteiger partial charge in [0.2, 0.25) is 16.9 Å². The molecule has 9 nitrogen and oxygen atoms in total. The first-order chi connectivity index (χ1) is 17.4. The van der Waals surface area contributed by atoms with Crippen molar-refractivity contribution in [3.05, 3.63) is 65.2 Å². The lowest BCUT2D eigenvalue weighted by atomic mass is 10.1. The topological polar surface area (TPSA) is 114 Å². The number of likely N-dealkylation sites (tertiary alicyclic amines) is 1. The van der Waals surface area contributed by atoms with Gasteiger partial charge in [-0.3, -0.25) is 19.7 Å². The number of para-hydroxylation sites is 1. The largest absolute Gasteiger partial charge is 0.494 e. The predicted molar refractivity (Wildman–Crippen MR) is 138 cm³/mol. The zero-order valence-corrected chi connectivity index (χ0v) is 21.1. The summed E-state index contributed by atoms with van der Waals surface area (Å²) < 4.78 is 5.68. The van der Waals surface area contributed by atoms with E-state index in [4.69, 9.17) is 4.74 Å². The molecule has 10 heteroatoms. The van der Waals surface area contributed by atoms with Crippen LogP contribution < -0.4 is 15.4 Å². The van der Waals surface area contributed by atoms with E-state index >= 15 is 0 Å². The number of hydrogen-bond donors (Lipinski definition) is 2. The van der Waals surface area contributed by atoms with Crippen LogP contribution in [0.3, 0.4) is 0 Å². The van der Waals surface area contributed by atoms with E-state index in [2.05, 4.69) is 20.8 Å². The maximum atomic E-state index is 12.6. The van der Waals surface area contributed by atoms with Crippen molar-refractivity contribution in [3.63, 3.8) is 0 Å². The third-order valence-corrected chi connectivity index (χ3v) is 6.70. The van der Waals surface area contributed by atoms with Crippen LogP contribution in [-0.2, 0) is 16.0 Å². The van der Waals surface area contributed by atoms with Crippen molar-refractivity contribution >= 4 is 39.9 Å². The molecule has 188 valence electrons. The summed E-state index contributed by atoms with van der Waals surface area (Å²) in [5.74, 6) is -0.0483. The van der Waals surface area contributed by atoms with E-state index in [9.17, 15) is 14.4 Å². The van der Waals surface area contributed by atoms with Crippen molar-refractivity contribution < 1.29 is 19.1 Å². The number of anilines is 2. The SMILES string of the molecule is CC(C)N1CC(C(=O)Nc2ccc(C(=O)Nc3nnc(CCCOc4ccccc4)s3)cc2)CC1=O. The molecule has 2 N–H and O–H groups in total. The highest BCUT2D eigenvalue weighted by atomic mass is 32.1. The highest BCUT2D eigenvalue weighted by molar-refractivity contribution is 7.15. The molecule has 0 aliphatic carbocycles. The fourth-order valence-corrected chi connectivity index (χ4v) is 4.64. The van der Waals surface area contributed by atoms with Crippen LogP contribution in [0.5, 0.6) is 5.75 Å². The molecule has 1 saturated heterocycles. The van der Waals surface area contributed by atoms with Gasteiger partial charge < -0.3 is 15.0 Å². The number of aryl methyl sites for hydroxylation is 1. The molecule has 1 atom stereocenters. The highest BCUT2D eigenvalue weighted by Gasteiger charge is 2.35. The molecule has 1 aliphatic heterocycles. The third-order valence-electron chi connectivity index (χ3n) is 5.80. The number of carbonyl (C=O) groups is 3. The highest BCUT2D eigenvalue weighted by Crippen LogP contribution is 2.23. The molecule has 0 bridgehead atoms. The Hall–Kier alpha value is -3.79. The summed E-state index contributed by atoms with van der Waals surface area (Å²) >= 11 is 1.33. The quantitative estimate of drug-likeness (QED) is 0.401. The number of hydrogen-bond acceptors (Lipinski definition) is 7. The van der Waals surface area contributed by atoms with Crippen molar-refractivity contribution in [1.82, 2.24) is 15.1 Å². The first-order valence-electron chi connectivity index (χ1n) is 11.9. The second-order valence-electron chi connectivity index (χ2n) is 8.83. The molecule has 1 fully saturated rings. The average Bonchev–Trinajstić information content (AvgIpc) is 3.49. The molecular formula is C26H29N5O4S. The summed E-state index contributed by atoms with van der Waals surface area (Å²) in [4.78, 5) is 38.9. The predicted octanol–water partition coefficient (Wildman–Crippen LogP) is 4.00. The molecule has 1 unspecified atom stereocenters. The molecule has 4 rings (SSSR count). The summed E-state index contributed by atoms with van der Waals surface area (Å²) in [7, 11) is 0. The Morgan fingerprint density at radius 2 is 1.83 bits per heavy atom. The number of nitrogens with one attached hydrogen (secondary N) is 2. The van der Waals surface area contributed by atoms with Gasteiger partial charge in [0, 0.05) is 36.7 Å². The summed E-state index contributed by atoms with van der Waals surface area (Å²) in [6, 6.07) is 16.3. The average molecular weight is 508 g/mol. The van der Waals surface area contributed by atoms with E-state index < -0.39 is 0 Å². The normalized spacial score (nSPS) is 15.2. The maximum Gasteiger partial charge on any atom is 0.257 e. The molecule has 3 amide bonds. The van der Waals surface area contributed by atoms with Crippen LogP contribution in [0.2, 0.25) is 0 Å². The van der Waals surface area contributed by atoms with Crippen LogP contribution in [0.4, 0.5) is 10.8 Å². The lowest BCUT2D eigenvalue weighted by Crippen LogP contribution is -2.33. The van der Waals surface area contributed by atoms with E-state index in [1.165, 1.54) is 11.3 Å². The van der Waals surface area contributed by atoms with Gasteiger partial charge in [0.15, 0.2) is 0 Å². The number of amides is 3. The van der Waals surface area contributed by atoms with Crippen LogP contribution in [0.15, 0.2) is 54.6 Å². The van der Waals surface area contributed by atoms with Gasteiger partial charge in [-0.25, -0.2) is 0 Å². The molecule has 1 aliphatic rings. The van der Waals surface area contributed by atoms with E-state index in [0.29, 0.717) is 36.0 Å². The van der Waals surface area contributed by atoms with Crippen LogP contribution in [0, 0.1) is 5.92 Å². The monoisotopic (exact) mass is 507 g/mol. The van der Waals surface area contributed by atoms with Gasteiger partial charge in [0.25, 0.3) is 5.91 Å². The van der Waals surface area contributed by atoms with Gasteiger partial charge in [0.05, 0.1) is 12.5 Å². The molecular weight excluding hydrogens is 478 g/mol. The molecule has 0 spiro atoms. The van der Waals surface area contributed by atoms with Crippen molar-refractivity contribution in [2.24, 2.45) is 5.92 Å². The zero-order valence-electron chi connectivity index (χ0n) is 20.3. The Bertz CT molecular complexity index is 1200. The summed E-state index contributed by atoms with van der Waals surface area (Å²) in [6.45, 7) is 4.87. The fourth-order valence-electron chi connectivity index (χ4n) is 3.86. The Labute approximate surface area is 213 Å². The first kappa shape index (κ1) is 25.3. The van der Waals surface area contributed by atoms with E-state index in [1.807, 2.05) is 44.2 Å². The van der Waals surface area contributed by atoms with Gasteiger partial charge in [-0.2, -0.15) is 0 Å². The van der Waals surface area contributed by atoms with Crippen LogP contribution in [0.1, 0.15) is 42.1 Å². The second kappa shape index (κ2) is 11.8. The Morgan fingerprint density at radius 1 is 1.08 bits per heavy atom. The molecule has 0 saturated carbocycles. The minimum Gasteiger partial charge on any atom is -0.494 e. The number of carbonyl (C=O) groups excluding carboxylic acids is 3. The van der Waals surface area contributed by atoms with Gasteiger partial charge in [-0.15, -0.1) is 10.2 Å². The minimum absolute atomic E-state index is 0.00230. The van der Waals surface area contributed by atoms with Gasteiger partial charge in [-0.05, 0) is 56.7 Å². The molecule has 2 heterocycles. The van der Waals surface area contributed by atoms with Crippen molar-refractivity contribution in [2.75, 3.05) is 23.8 Å². The lowest BCUT2D eigenvalue weighted by molar-refractivity contribution is -0.129. The van der Waals surface area contributed by atoms with Crippen molar-refractivity contribution in [2.45, 2.75) is 39.2 Å². The molecule has 1 aromatic heterocycles. The van der Waals surface area contributed by atoms with Crippen LogP contribution in [0.25, 0.3) is 0 Å². The number of ether oxygens (including phenoxy) is 1. The molecule has 3 aromatic rings. The van der Waals surface area contributed by atoms with E-state index in [-0.39, 0.29) is 36.1 Å². The maximum absolute atomic E-state index is 12.6. The van der Waals surface area contributed by atoms with Crippen molar-refractivity contribution in [3.8, 4) is 5.75 Å². The summed E-state index contributed by atoms with van der Waals surface area (Å²) in [5.41, 5.74) is 1.01. The smallest absolute Gasteiger partial charge is 0.257 e. The Balaban J connectivity index is 1.22. The second-order valence-corrected chi connectivity index (χ2v) is 9.89. The first-order valence-corrected chi connectivity index (χ1v) is 12.7. The zero-order chi connectivity index (χ0) is 25.5. The third kappa shape index (κ3) is 6.66. The summed E-state index contributed by atoms with van der Waals surface area (Å²) in [5, 5.41) is 15.0. The lowest BCUT2D eigenvalue weighted by Gasteiger charge is -2.20.